The van der Waals surface area contributed by atoms with E-state index < -0.39 is 0 Å². The van der Waals surface area contributed by atoms with Crippen molar-refractivity contribution in [2.45, 2.75) is 25.5 Å². The van der Waals surface area contributed by atoms with Crippen molar-refractivity contribution in [3.63, 3.8) is 0 Å². The van der Waals surface area contributed by atoms with Gasteiger partial charge in [-0.25, -0.2) is 0 Å². The van der Waals surface area contributed by atoms with Crippen LogP contribution in [0.5, 0.6) is 0 Å². The number of hydrogen-bond acceptors (Lipinski definition) is 5. The van der Waals surface area contributed by atoms with E-state index in [1.54, 1.807) is 0 Å². The molecule has 3 saturated heterocycles. The van der Waals surface area contributed by atoms with Crippen molar-refractivity contribution in [3.05, 3.63) is 18.0 Å². The van der Waals surface area contributed by atoms with Crippen LogP contribution < -0.4 is 0 Å². The summed E-state index contributed by atoms with van der Waals surface area (Å²) in [6, 6.07) is 0. The highest BCUT2D eigenvalue weighted by atomic mass is 16.5. The fourth-order valence-corrected chi connectivity index (χ4v) is 4.36. The maximum Gasteiger partial charge on any atom is 0.232 e. The lowest BCUT2D eigenvalue weighted by Gasteiger charge is -2.45. The summed E-state index contributed by atoms with van der Waals surface area (Å²) in [5.41, 5.74) is 0.821. The predicted octanol–water partition coefficient (Wildman–Crippen LogP) is 0.260. The van der Waals surface area contributed by atoms with Gasteiger partial charge in [-0.05, 0) is 12.8 Å². The van der Waals surface area contributed by atoms with Gasteiger partial charge in [-0.2, -0.15) is 5.10 Å². The molecule has 0 aromatic carbocycles. The van der Waals surface area contributed by atoms with Crippen LogP contribution in [0.2, 0.25) is 0 Å². The van der Waals surface area contributed by atoms with E-state index in [0.717, 1.165) is 32.5 Å². The summed E-state index contributed by atoms with van der Waals surface area (Å²) in [4.78, 5) is 17.7. The molecule has 0 spiro atoms. The molecule has 0 unspecified atom stereocenters. The second-order valence-corrected chi connectivity index (χ2v) is 7.19. The van der Waals surface area contributed by atoms with Crippen LogP contribution in [0.15, 0.2) is 12.4 Å². The SMILES string of the molecule is Cn1cc(CN2CC[C@H]3OCC[C@@]3(C(=O)N3CCOCC3)C2)cn1. The summed E-state index contributed by atoms with van der Waals surface area (Å²) in [7, 11) is 1.93. The Labute approximate surface area is 142 Å². The van der Waals surface area contributed by atoms with Gasteiger partial charge in [0.15, 0.2) is 0 Å². The maximum absolute atomic E-state index is 13.3. The molecule has 0 N–H and O–H groups in total. The van der Waals surface area contributed by atoms with Crippen molar-refractivity contribution in [2.24, 2.45) is 12.5 Å². The normalized spacial score (nSPS) is 31.2. The van der Waals surface area contributed by atoms with E-state index in [2.05, 4.69) is 10.00 Å². The second kappa shape index (κ2) is 6.46. The van der Waals surface area contributed by atoms with E-state index >= 15 is 0 Å². The van der Waals surface area contributed by atoms with Crippen molar-refractivity contribution in [2.75, 3.05) is 46.0 Å². The van der Waals surface area contributed by atoms with Crippen LogP contribution in [0.4, 0.5) is 0 Å². The van der Waals surface area contributed by atoms with Gasteiger partial charge in [-0.3, -0.25) is 14.4 Å². The highest BCUT2D eigenvalue weighted by Crippen LogP contribution is 2.42. The number of ether oxygens (including phenoxy) is 2. The Balaban J connectivity index is 1.51. The third kappa shape index (κ3) is 2.85. The number of nitrogens with zero attached hydrogens (tertiary/aromatic N) is 4. The van der Waals surface area contributed by atoms with Gasteiger partial charge >= 0.3 is 0 Å². The number of rotatable bonds is 3. The van der Waals surface area contributed by atoms with Gasteiger partial charge in [0.2, 0.25) is 5.91 Å². The Kier molecular flexibility index (Phi) is 4.32. The third-order valence-corrected chi connectivity index (χ3v) is 5.59. The third-order valence-electron chi connectivity index (χ3n) is 5.59. The van der Waals surface area contributed by atoms with Gasteiger partial charge in [0.25, 0.3) is 0 Å². The first-order valence-electron chi connectivity index (χ1n) is 8.86. The molecule has 3 aliphatic rings. The van der Waals surface area contributed by atoms with Gasteiger partial charge in [-0.1, -0.05) is 0 Å². The molecule has 4 heterocycles. The van der Waals surface area contributed by atoms with Crippen LogP contribution >= 0.6 is 0 Å². The zero-order valence-electron chi connectivity index (χ0n) is 14.3. The minimum absolute atomic E-state index is 0.0676. The molecular weight excluding hydrogens is 308 g/mol. The molecule has 0 radical (unpaired) electrons. The summed E-state index contributed by atoms with van der Waals surface area (Å²) in [6.45, 7) is 5.99. The zero-order chi connectivity index (χ0) is 16.6. The first-order chi connectivity index (χ1) is 11.7. The van der Waals surface area contributed by atoms with Crippen molar-refractivity contribution >= 4 is 5.91 Å². The van der Waals surface area contributed by atoms with Crippen molar-refractivity contribution in [1.82, 2.24) is 19.6 Å². The fourth-order valence-electron chi connectivity index (χ4n) is 4.36. The van der Waals surface area contributed by atoms with Gasteiger partial charge in [0.1, 0.15) is 0 Å². The average Bonchev–Trinajstić information content (AvgIpc) is 3.21. The van der Waals surface area contributed by atoms with Crippen molar-refractivity contribution < 1.29 is 14.3 Å². The van der Waals surface area contributed by atoms with Gasteiger partial charge in [-0.15, -0.1) is 0 Å². The molecule has 7 heteroatoms. The highest BCUT2D eigenvalue weighted by Gasteiger charge is 2.54. The number of piperidine rings is 1. The molecule has 1 aromatic rings. The molecule has 1 amide bonds. The number of fused-ring (bicyclic) bond motifs is 1. The molecular formula is C17H26N4O3. The molecule has 4 rings (SSSR count). The largest absolute Gasteiger partial charge is 0.378 e. The summed E-state index contributed by atoms with van der Waals surface area (Å²) < 4.78 is 13.2. The number of aryl methyl sites for hydroxylation is 1. The molecule has 3 aliphatic heterocycles. The lowest BCUT2D eigenvalue weighted by Crippen LogP contribution is -2.59. The first-order valence-corrected chi connectivity index (χ1v) is 8.86. The summed E-state index contributed by atoms with van der Waals surface area (Å²) in [6.07, 6.45) is 5.78. The van der Waals surface area contributed by atoms with E-state index in [1.165, 1.54) is 5.56 Å². The number of likely N-dealkylation sites (tertiary alicyclic amines) is 1. The molecule has 3 fully saturated rings. The zero-order valence-corrected chi connectivity index (χ0v) is 14.3. The van der Waals surface area contributed by atoms with Crippen LogP contribution in [0.25, 0.3) is 0 Å². The highest BCUT2D eigenvalue weighted by molar-refractivity contribution is 5.84. The Hall–Kier alpha value is -1.44. The maximum atomic E-state index is 13.3. The van der Waals surface area contributed by atoms with E-state index in [-0.39, 0.29) is 17.4 Å². The van der Waals surface area contributed by atoms with Crippen LogP contribution in [-0.4, -0.2) is 77.6 Å². The van der Waals surface area contributed by atoms with Gasteiger partial charge < -0.3 is 14.4 Å². The monoisotopic (exact) mass is 334 g/mol. The summed E-state index contributed by atoms with van der Waals surface area (Å²) >= 11 is 0. The van der Waals surface area contributed by atoms with Crippen LogP contribution in [-0.2, 0) is 27.9 Å². The van der Waals surface area contributed by atoms with Crippen LogP contribution in [0, 0.1) is 5.41 Å². The fraction of sp³-hybridized carbons (Fsp3) is 0.765. The Morgan fingerprint density at radius 2 is 2.17 bits per heavy atom. The number of aromatic nitrogens is 2. The Morgan fingerprint density at radius 1 is 1.33 bits per heavy atom. The Bertz CT molecular complexity index is 598. The van der Waals surface area contributed by atoms with Gasteiger partial charge in [0, 0.05) is 58.1 Å². The molecule has 0 saturated carbocycles. The van der Waals surface area contributed by atoms with E-state index in [9.17, 15) is 4.79 Å². The van der Waals surface area contributed by atoms with Crippen molar-refractivity contribution in [3.8, 4) is 0 Å². The number of morpholine rings is 1. The summed E-state index contributed by atoms with van der Waals surface area (Å²) in [5, 5.41) is 4.25. The molecule has 2 atom stereocenters. The number of amides is 1. The molecule has 24 heavy (non-hydrogen) atoms. The smallest absolute Gasteiger partial charge is 0.232 e. The molecule has 1 aromatic heterocycles. The second-order valence-electron chi connectivity index (χ2n) is 7.19. The average molecular weight is 334 g/mol. The number of hydrogen-bond donors (Lipinski definition) is 0. The van der Waals surface area contributed by atoms with Crippen molar-refractivity contribution in [1.29, 1.82) is 0 Å². The molecule has 0 aliphatic carbocycles. The van der Waals surface area contributed by atoms with E-state index in [4.69, 9.17) is 9.47 Å². The lowest BCUT2D eigenvalue weighted by atomic mass is 9.75. The topological polar surface area (TPSA) is 59.8 Å². The van der Waals surface area contributed by atoms with E-state index in [0.29, 0.717) is 32.9 Å². The quantitative estimate of drug-likeness (QED) is 0.794. The number of carbonyl (C=O) groups excluding carboxylic acids is 1. The molecule has 132 valence electrons. The van der Waals surface area contributed by atoms with Gasteiger partial charge in [0.05, 0.1) is 30.9 Å². The molecule has 0 bridgehead atoms. The first kappa shape index (κ1) is 16.1. The van der Waals surface area contributed by atoms with Crippen LogP contribution in [0.1, 0.15) is 18.4 Å². The Morgan fingerprint density at radius 3 is 2.92 bits per heavy atom. The van der Waals surface area contributed by atoms with Crippen LogP contribution in [0.3, 0.4) is 0 Å². The summed E-state index contributed by atoms with van der Waals surface area (Å²) in [5.74, 6) is 0.268. The minimum atomic E-state index is -0.377. The lowest BCUT2D eigenvalue weighted by molar-refractivity contribution is -0.154. The molecule has 7 nitrogen and oxygen atoms in total. The minimum Gasteiger partial charge on any atom is -0.378 e. The van der Waals surface area contributed by atoms with E-state index in [1.807, 2.05) is 29.0 Å². The number of carbonyl (C=O) groups is 1. The standard InChI is InChI=1S/C17H26N4O3/c1-19-11-14(10-18-19)12-20-4-2-15-17(13-20,3-7-24-15)16(22)21-5-8-23-9-6-21/h10-11,15H,2-9,12-13H2,1H3/t15-,17-/m1/s1. The predicted molar refractivity (Wildman–Crippen MR) is 87.3 cm³/mol.